The van der Waals surface area contributed by atoms with Crippen LogP contribution in [0.3, 0.4) is 0 Å². The minimum Gasteiger partial charge on any atom is -0.482 e. The van der Waals surface area contributed by atoms with E-state index in [1.807, 2.05) is 59.0 Å². The lowest BCUT2D eigenvalue weighted by molar-refractivity contribution is 0.392. The van der Waals surface area contributed by atoms with Crippen LogP contribution in [0.2, 0.25) is 0 Å². The van der Waals surface area contributed by atoms with Gasteiger partial charge in [-0.15, -0.1) is 0 Å². The fourth-order valence-electron chi connectivity index (χ4n) is 2.87. The van der Waals surface area contributed by atoms with Crippen LogP contribution in [0.25, 0.3) is 16.8 Å². The summed E-state index contributed by atoms with van der Waals surface area (Å²) < 4.78 is 7.50. The van der Waals surface area contributed by atoms with Crippen molar-refractivity contribution in [3.05, 3.63) is 84.2 Å². The summed E-state index contributed by atoms with van der Waals surface area (Å²) in [5, 5.41) is 0. The number of fused-ring (bicyclic) bond motifs is 1. The van der Waals surface area contributed by atoms with E-state index >= 15 is 0 Å². The highest BCUT2D eigenvalue weighted by Gasteiger charge is 2.10. The third-order valence-corrected chi connectivity index (χ3v) is 4.11. The first-order valence-electron chi connectivity index (χ1n) is 8.23. The van der Waals surface area contributed by atoms with Crippen molar-refractivity contribution in [1.29, 1.82) is 0 Å². The summed E-state index contributed by atoms with van der Waals surface area (Å²) in [5.74, 6) is 6.98. The molecule has 0 bridgehead atoms. The summed E-state index contributed by atoms with van der Waals surface area (Å²) in [5.41, 5.74) is 11.1. The van der Waals surface area contributed by atoms with E-state index in [0.29, 0.717) is 11.6 Å². The summed E-state index contributed by atoms with van der Waals surface area (Å²) in [4.78, 5) is 4.50. The largest absolute Gasteiger partial charge is 0.482 e. The molecule has 126 valence electrons. The maximum Gasteiger partial charge on any atom is 0.200 e. The molecule has 4 aromatic rings. The van der Waals surface area contributed by atoms with Crippen LogP contribution in [0.5, 0.6) is 5.88 Å². The van der Waals surface area contributed by atoms with Gasteiger partial charge in [0.25, 0.3) is 0 Å². The quantitative estimate of drug-likeness (QED) is 0.444. The number of nitrogens with two attached hydrogens (primary N) is 1. The predicted octanol–water partition coefficient (Wildman–Crippen LogP) is 3.99. The Hall–Kier alpha value is -3.71. The molecule has 0 saturated carbocycles. The van der Waals surface area contributed by atoms with Crippen molar-refractivity contribution in [3.8, 4) is 28.8 Å². The molecular formula is C22H17N3O. The summed E-state index contributed by atoms with van der Waals surface area (Å²) in [6.07, 6.45) is 1.76. The molecule has 0 aliphatic rings. The Morgan fingerprint density at radius 1 is 0.923 bits per heavy atom. The summed E-state index contributed by atoms with van der Waals surface area (Å²) >= 11 is 0. The molecule has 0 fully saturated rings. The van der Waals surface area contributed by atoms with Gasteiger partial charge in [-0.3, -0.25) is 4.40 Å². The zero-order chi connectivity index (χ0) is 17.9. The van der Waals surface area contributed by atoms with Crippen molar-refractivity contribution >= 4 is 11.3 Å². The standard InChI is InChI=1S/C22H17N3O/c1-26-22-14-18(17-7-3-2-4-8-17)13-21-24-15-20(25(21)22)11-10-16-6-5-9-19(23)12-16/h2-9,12-15H,23H2,1H3. The maximum atomic E-state index is 5.81. The topological polar surface area (TPSA) is 52.5 Å². The molecular weight excluding hydrogens is 322 g/mol. The van der Waals surface area contributed by atoms with Gasteiger partial charge in [-0.2, -0.15) is 0 Å². The van der Waals surface area contributed by atoms with Gasteiger partial charge in [0.1, 0.15) is 11.3 Å². The molecule has 0 saturated heterocycles. The molecule has 0 amide bonds. The molecule has 0 aliphatic carbocycles. The number of nitrogens with zero attached hydrogens (tertiary/aromatic N) is 2. The minimum atomic E-state index is 0.690. The van der Waals surface area contributed by atoms with Crippen LogP contribution >= 0.6 is 0 Å². The number of anilines is 1. The molecule has 26 heavy (non-hydrogen) atoms. The average molecular weight is 339 g/mol. The smallest absolute Gasteiger partial charge is 0.200 e. The van der Waals surface area contributed by atoms with Crippen molar-refractivity contribution in [1.82, 2.24) is 9.38 Å². The van der Waals surface area contributed by atoms with E-state index < -0.39 is 0 Å². The lowest BCUT2D eigenvalue weighted by Crippen LogP contribution is -1.97. The predicted molar refractivity (Wildman–Crippen MR) is 104 cm³/mol. The lowest BCUT2D eigenvalue weighted by atomic mass is 10.1. The van der Waals surface area contributed by atoms with E-state index in [1.165, 1.54) is 0 Å². The van der Waals surface area contributed by atoms with Crippen LogP contribution in [-0.4, -0.2) is 16.5 Å². The first-order valence-corrected chi connectivity index (χ1v) is 8.23. The number of imidazole rings is 1. The van der Waals surface area contributed by atoms with E-state index in [0.717, 1.165) is 28.0 Å². The number of ether oxygens (including phenoxy) is 1. The van der Waals surface area contributed by atoms with Gasteiger partial charge in [-0.1, -0.05) is 42.3 Å². The van der Waals surface area contributed by atoms with Crippen LogP contribution in [0.15, 0.2) is 72.9 Å². The summed E-state index contributed by atoms with van der Waals surface area (Å²) in [6.45, 7) is 0. The van der Waals surface area contributed by atoms with E-state index in [2.05, 4.69) is 29.0 Å². The van der Waals surface area contributed by atoms with Crippen molar-refractivity contribution in [2.75, 3.05) is 12.8 Å². The maximum absolute atomic E-state index is 5.81. The fraction of sp³-hybridized carbons (Fsp3) is 0.0455. The van der Waals surface area contributed by atoms with E-state index in [9.17, 15) is 0 Å². The van der Waals surface area contributed by atoms with E-state index in [1.54, 1.807) is 13.3 Å². The molecule has 0 aliphatic heterocycles. The molecule has 0 radical (unpaired) electrons. The molecule has 2 aromatic carbocycles. The lowest BCUT2D eigenvalue weighted by Gasteiger charge is -2.09. The Kier molecular flexibility index (Phi) is 4.04. The number of methoxy groups -OCH3 is 1. The number of hydrogen-bond donors (Lipinski definition) is 1. The van der Waals surface area contributed by atoms with Gasteiger partial charge in [0.15, 0.2) is 0 Å². The number of nitrogen functional groups attached to an aromatic ring is 1. The first-order chi connectivity index (χ1) is 12.7. The zero-order valence-electron chi connectivity index (χ0n) is 14.3. The second kappa shape index (κ2) is 6.66. The first kappa shape index (κ1) is 15.8. The van der Waals surface area contributed by atoms with Crippen molar-refractivity contribution in [2.45, 2.75) is 0 Å². The van der Waals surface area contributed by atoms with Crippen LogP contribution in [0, 0.1) is 11.8 Å². The van der Waals surface area contributed by atoms with Crippen molar-refractivity contribution < 1.29 is 4.74 Å². The average Bonchev–Trinajstić information content (AvgIpc) is 3.09. The Morgan fingerprint density at radius 3 is 2.54 bits per heavy atom. The number of aromatic nitrogens is 2. The van der Waals surface area contributed by atoms with Gasteiger partial charge in [0.05, 0.1) is 13.3 Å². The Labute approximate surface area is 151 Å². The SMILES string of the molecule is COc1cc(-c2ccccc2)cc2ncc(C#Cc3cccc(N)c3)n12. The number of pyridine rings is 1. The number of benzene rings is 2. The molecule has 0 unspecified atom stereocenters. The third kappa shape index (κ3) is 2.99. The third-order valence-electron chi connectivity index (χ3n) is 4.11. The van der Waals surface area contributed by atoms with Crippen LogP contribution in [0.4, 0.5) is 5.69 Å². The van der Waals surface area contributed by atoms with Gasteiger partial charge < -0.3 is 10.5 Å². The second-order valence-corrected chi connectivity index (χ2v) is 5.86. The van der Waals surface area contributed by atoms with Gasteiger partial charge in [0.2, 0.25) is 5.88 Å². The van der Waals surface area contributed by atoms with Crippen LogP contribution in [0.1, 0.15) is 11.3 Å². The molecule has 2 aromatic heterocycles. The highest BCUT2D eigenvalue weighted by molar-refractivity contribution is 5.70. The molecule has 0 spiro atoms. The van der Waals surface area contributed by atoms with E-state index in [-0.39, 0.29) is 0 Å². The zero-order valence-corrected chi connectivity index (χ0v) is 14.3. The number of rotatable bonds is 2. The monoisotopic (exact) mass is 339 g/mol. The Bertz CT molecular complexity index is 1130. The molecule has 0 atom stereocenters. The molecule has 2 heterocycles. The Morgan fingerprint density at radius 2 is 1.77 bits per heavy atom. The molecule has 4 heteroatoms. The van der Waals surface area contributed by atoms with Gasteiger partial charge in [0, 0.05) is 17.3 Å². The highest BCUT2D eigenvalue weighted by atomic mass is 16.5. The van der Waals surface area contributed by atoms with Crippen LogP contribution in [-0.2, 0) is 0 Å². The summed E-state index contributed by atoms with van der Waals surface area (Å²) in [6, 6.07) is 21.7. The van der Waals surface area contributed by atoms with Gasteiger partial charge >= 0.3 is 0 Å². The number of hydrogen-bond acceptors (Lipinski definition) is 3. The fourth-order valence-corrected chi connectivity index (χ4v) is 2.87. The summed E-state index contributed by atoms with van der Waals surface area (Å²) in [7, 11) is 1.65. The molecule has 4 nitrogen and oxygen atoms in total. The molecule has 2 N–H and O–H groups in total. The van der Waals surface area contributed by atoms with Gasteiger partial charge in [-0.05, 0) is 41.3 Å². The van der Waals surface area contributed by atoms with Crippen LogP contribution < -0.4 is 10.5 Å². The van der Waals surface area contributed by atoms with Gasteiger partial charge in [-0.25, -0.2) is 4.98 Å². The Balaban J connectivity index is 1.81. The minimum absolute atomic E-state index is 0.690. The van der Waals surface area contributed by atoms with E-state index in [4.69, 9.17) is 10.5 Å². The molecule has 4 rings (SSSR count). The second-order valence-electron chi connectivity index (χ2n) is 5.86. The normalized spacial score (nSPS) is 10.3. The van der Waals surface area contributed by atoms with Crippen molar-refractivity contribution in [2.24, 2.45) is 0 Å². The van der Waals surface area contributed by atoms with Crippen molar-refractivity contribution in [3.63, 3.8) is 0 Å². The highest BCUT2D eigenvalue weighted by Crippen LogP contribution is 2.27.